The molecule has 2 fully saturated rings. The molecule has 1 spiro atoms. The van der Waals surface area contributed by atoms with E-state index in [9.17, 15) is 9.90 Å². The largest absolute Gasteiger partial charge is 0.481 e. The van der Waals surface area contributed by atoms with Crippen molar-refractivity contribution < 1.29 is 9.90 Å². The van der Waals surface area contributed by atoms with Gasteiger partial charge in [0.15, 0.2) is 0 Å². The number of rotatable bonds is 1. The van der Waals surface area contributed by atoms with Crippen LogP contribution in [0.2, 0.25) is 0 Å². The van der Waals surface area contributed by atoms with E-state index in [1.807, 2.05) is 0 Å². The average Bonchev–Trinajstić information content (AvgIpc) is 2.52. The second-order valence-corrected chi connectivity index (χ2v) is 4.99. The topological polar surface area (TPSA) is 40.5 Å². The third-order valence-electron chi connectivity index (χ3n) is 4.02. The predicted octanol–water partition coefficient (Wildman–Crippen LogP) is 1.58. The van der Waals surface area contributed by atoms with Crippen molar-refractivity contribution in [3.05, 3.63) is 0 Å². The second-order valence-electron chi connectivity index (χ2n) is 4.99. The van der Waals surface area contributed by atoms with Gasteiger partial charge in [0.25, 0.3) is 0 Å². The lowest BCUT2D eigenvalue weighted by molar-refractivity contribution is -0.150. The SMILES string of the molecule is CN1CCC(C(=O)O)C2(CCCC2)C1. The molecule has 1 aliphatic carbocycles. The zero-order valence-corrected chi connectivity index (χ0v) is 8.83. The van der Waals surface area contributed by atoms with E-state index < -0.39 is 5.97 Å². The van der Waals surface area contributed by atoms with Gasteiger partial charge >= 0.3 is 5.97 Å². The molecule has 1 saturated heterocycles. The lowest BCUT2D eigenvalue weighted by atomic mass is 9.70. The Hall–Kier alpha value is -0.570. The molecular weight excluding hydrogens is 178 g/mol. The number of hydrogen-bond acceptors (Lipinski definition) is 2. The molecule has 2 rings (SSSR count). The monoisotopic (exact) mass is 197 g/mol. The first-order valence-corrected chi connectivity index (χ1v) is 5.55. The molecule has 3 heteroatoms. The molecule has 1 N–H and O–H groups in total. The van der Waals surface area contributed by atoms with Crippen LogP contribution < -0.4 is 0 Å². The Morgan fingerprint density at radius 2 is 2.07 bits per heavy atom. The van der Waals surface area contributed by atoms with E-state index in [-0.39, 0.29) is 11.3 Å². The number of carboxylic acid groups (broad SMARTS) is 1. The molecule has 1 unspecified atom stereocenters. The molecule has 1 saturated carbocycles. The summed E-state index contributed by atoms with van der Waals surface area (Å²) in [6.45, 7) is 1.93. The Morgan fingerprint density at radius 3 is 2.64 bits per heavy atom. The summed E-state index contributed by atoms with van der Waals surface area (Å²) < 4.78 is 0. The number of piperidine rings is 1. The van der Waals surface area contributed by atoms with Crippen LogP contribution in [0.5, 0.6) is 0 Å². The highest BCUT2D eigenvalue weighted by Gasteiger charge is 2.47. The van der Waals surface area contributed by atoms with Crippen LogP contribution in [0, 0.1) is 11.3 Å². The summed E-state index contributed by atoms with van der Waals surface area (Å²) in [5.74, 6) is -0.652. The highest BCUT2D eigenvalue weighted by atomic mass is 16.4. The summed E-state index contributed by atoms with van der Waals surface area (Å²) in [6, 6.07) is 0. The van der Waals surface area contributed by atoms with Crippen LogP contribution >= 0.6 is 0 Å². The first-order chi connectivity index (χ1) is 6.64. The smallest absolute Gasteiger partial charge is 0.307 e. The molecule has 0 amide bonds. The molecule has 0 aromatic rings. The van der Waals surface area contributed by atoms with Crippen molar-refractivity contribution in [2.45, 2.75) is 32.1 Å². The fourth-order valence-electron chi connectivity index (χ4n) is 3.35. The molecule has 1 aliphatic heterocycles. The maximum absolute atomic E-state index is 11.2. The summed E-state index contributed by atoms with van der Waals surface area (Å²) in [4.78, 5) is 13.5. The molecule has 0 aromatic heterocycles. The van der Waals surface area contributed by atoms with Crippen LogP contribution in [0.15, 0.2) is 0 Å². The maximum Gasteiger partial charge on any atom is 0.307 e. The first-order valence-electron chi connectivity index (χ1n) is 5.55. The van der Waals surface area contributed by atoms with Gasteiger partial charge < -0.3 is 10.0 Å². The van der Waals surface area contributed by atoms with Crippen molar-refractivity contribution >= 4 is 5.97 Å². The van der Waals surface area contributed by atoms with Gasteiger partial charge in [-0.05, 0) is 38.3 Å². The van der Waals surface area contributed by atoms with E-state index in [2.05, 4.69) is 11.9 Å². The zero-order chi connectivity index (χ0) is 10.2. The highest BCUT2D eigenvalue weighted by Crippen LogP contribution is 2.48. The Morgan fingerprint density at radius 1 is 1.43 bits per heavy atom. The molecule has 0 aromatic carbocycles. The van der Waals surface area contributed by atoms with Crippen molar-refractivity contribution in [2.75, 3.05) is 20.1 Å². The van der Waals surface area contributed by atoms with Crippen LogP contribution in [-0.2, 0) is 4.79 Å². The van der Waals surface area contributed by atoms with Gasteiger partial charge in [0.05, 0.1) is 5.92 Å². The van der Waals surface area contributed by atoms with E-state index in [1.165, 1.54) is 12.8 Å². The van der Waals surface area contributed by atoms with Gasteiger partial charge in [0.1, 0.15) is 0 Å². The zero-order valence-electron chi connectivity index (χ0n) is 8.83. The summed E-state index contributed by atoms with van der Waals surface area (Å²) in [7, 11) is 2.11. The minimum Gasteiger partial charge on any atom is -0.481 e. The lowest BCUT2D eigenvalue weighted by Crippen LogP contribution is -2.48. The predicted molar refractivity (Wildman–Crippen MR) is 54.1 cm³/mol. The third-order valence-corrected chi connectivity index (χ3v) is 4.02. The molecule has 1 heterocycles. The highest BCUT2D eigenvalue weighted by molar-refractivity contribution is 5.71. The van der Waals surface area contributed by atoms with Gasteiger partial charge in [-0.25, -0.2) is 0 Å². The number of hydrogen-bond donors (Lipinski definition) is 1. The first kappa shape index (κ1) is 9.97. The van der Waals surface area contributed by atoms with E-state index in [4.69, 9.17) is 0 Å². The van der Waals surface area contributed by atoms with Gasteiger partial charge in [-0.1, -0.05) is 12.8 Å². The van der Waals surface area contributed by atoms with E-state index in [0.717, 1.165) is 32.4 Å². The van der Waals surface area contributed by atoms with Crippen LogP contribution in [0.25, 0.3) is 0 Å². The third kappa shape index (κ3) is 1.54. The lowest BCUT2D eigenvalue weighted by Gasteiger charge is -2.43. The van der Waals surface area contributed by atoms with Crippen molar-refractivity contribution in [1.29, 1.82) is 0 Å². The van der Waals surface area contributed by atoms with E-state index >= 15 is 0 Å². The molecule has 80 valence electrons. The Bertz CT molecular complexity index is 233. The standard InChI is InChI=1S/C11H19NO2/c1-12-7-4-9(10(13)14)11(8-12)5-2-3-6-11/h9H,2-8H2,1H3,(H,13,14). The molecule has 2 aliphatic rings. The van der Waals surface area contributed by atoms with Crippen LogP contribution in [-0.4, -0.2) is 36.1 Å². The normalized spacial score (nSPS) is 32.2. The minimum absolute atomic E-state index is 0.0822. The average molecular weight is 197 g/mol. The maximum atomic E-state index is 11.2. The van der Waals surface area contributed by atoms with Gasteiger partial charge in [0, 0.05) is 6.54 Å². The van der Waals surface area contributed by atoms with Crippen LogP contribution in [0.1, 0.15) is 32.1 Å². The summed E-state index contributed by atoms with van der Waals surface area (Å²) in [5.41, 5.74) is 0.110. The molecule has 0 bridgehead atoms. The Labute approximate surface area is 85.1 Å². The summed E-state index contributed by atoms with van der Waals surface area (Å²) in [5, 5.41) is 9.23. The van der Waals surface area contributed by atoms with Crippen molar-refractivity contribution in [2.24, 2.45) is 11.3 Å². The van der Waals surface area contributed by atoms with Crippen LogP contribution in [0.4, 0.5) is 0 Å². The van der Waals surface area contributed by atoms with Crippen molar-refractivity contribution in [3.8, 4) is 0 Å². The molecule has 3 nitrogen and oxygen atoms in total. The quantitative estimate of drug-likeness (QED) is 0.694. The fraction of sp³-hybridized carbons (Fsp3) is 0.909. The van der Waals surface area contributed by atoms with Gasteiger partial charge in [-0.15, -0.1) is 0 Å². The molecule has 0 radical (unpaired) electrons. The number of carboxylic acids is 1. The van der Waals surface area contributed by atoms with Gasteiger partial charge in [-0.3, -0.25) is 4.79 Å². The molecule has 14 heavy (non-hydrogen) atoms. The minimum atomic E-state index is -0.569. The van der Waals surface area contributed by atoms with Gasteiger partial charge in [-0.2, -0.15) is 0 Å². The number of likely N-dealkylation sites (tertiary alicyclic amines) is 1. The Kier molecular flexibility index (Phi) is 2.52. The van der Waals surface area contributed by atoms with Gasteiger partial charge in [0.2, 0.25) is 0 Å². The van der Waals surface area contributed by atoms with E-state index in [0.29, 0.717) is 0 Å². The summed E-state index contributed by atoms with van der Waals surface area (Å²) in [6.07, 6.45) is 5.52. The van der Waals surface area contributed by atoms with Crippen molar-refractivity contribution in [3.63, 3.8) is 0 Å². The van der Waals surface area contributed by atoms with E-state index in [1.54, 1.807) is 0 Å². The number of aliphatic carboxylic acids is 1. The molecular formula is C11H19NO2. The fourth-order valence-corrected chi connectivity index (χ4v) is 3.35. The number of carbonyl (C=O) groups is 1. The number of nitrogens with zero attached hydrogens (tertiary/aromatic N) is 1. The molecule has 1 atom stereocenters. The van der Waals surface area contributed by atoms with Crippen LogP contribution in [0.3, 0.4) is 0 Å². The second kappa shape index (κ2) is 3.54. The van der Waals surface area contributed by atoms with Crippen molar-refractivity contribution in [1.82, 2.24) is 4.90 Å². The Balaban J connectivity index is 2.18. The summed E-state index contributed by atoms with van der Waals surface area (Å²) >= 11 is 0.